The highest BCUT2D eigenvalue weighted by Crippen LogP contribution is 2.07. The molecule has 114 valence electrons. The number of terminal acetylenes is 1. The lowest BCUT2D eigenvalue weighted by Gasteiger charge is -1.81. The van der Waals surface area contributed by atoms with E-state index in [1.807, 2.05) is 34.0 Å². The molecule has 0 amide bonds. The Balaban J connectivity index is -0.0000000957. The molecule has 0 saturated heterocycles. The van der Waals surface area contributed by atoms with Crippen LogP contribution in [0.3, 0.4) is 0 Å². The Kier molecular flexibility index (Phi) is 35.6. The van der Waals surface area contributed by atoms with Gasteiger partial charge in [-0.25, -0.2) is 0 Å². The third kappa shape index (κ3) is 26.5. The van der Waals surface area contributed by atoms with Gasteiger partial charge in [-0.1, -0.05) is 62.3 Å². The Hall–Kier alpha value is -1.16. The molecule has 0 bridgehead atoms. The van der Waals surface area contributed by atoms with E-state index in [0.29, 0.717) is 0 Å². The van der Waals surface area contributed by atoms with E-state index in [9.17, 15) is 0 Å². The number of aryl methyl sites for hydroxylation is 2. The summed E-state index contributed by atoms with van der Waals surface area (Å²) < 4.78 is 5.20. The SMILES string of the molecule is C#C.CC.CC.CC(C)C.CCc1coc(CC)c1. The maximum atomic E-state index is 5.20. The van der Waals surface area contributed by atoms with Gasteiger partial charge in [-0.15, -0.1) is 12.8 Å². The van der Waals surface area contributed by atoms with E-state index in [4.69, 9.17) is 4.42 Å². The van der Waals surface area contributed by atoms with E-state index in [-0.39, 0.29) is 0 Å². The van der Waals surface area contributed by atoms with Crippen LogP contribution in [-0.4, -0.2) is 0 Å². The molecule has 1 heterocycles. The number of hydrogen-bond donors (Lipinski definition) is 0. The van der Waals surface area contributed by atoms with Crippen molar-refractivity contribution in [3.8, 4) is 12.8 Å². The van der Waals surface area contributed by atoms with Gasteiger partial charge in [-0.3, -0.25) is 0 Å². The number of hydrogen-bond acceptors (Lipinski definition) is 1. The Labute approximate surface area is 122 Å². The molecule has 0 aliphatic rings. The molecule has 1 nitrogen and oxygen atoms in total. The zero-order valence-corrected chi connectivity index (χ0v) is 14.7. The summed E-state index contributed by atoms with van der Waals surface area (Å²) in [4.78, 5) is 0. The lowest BCUT2D eigenvalue weighted by Crippen LogP contribution is -1.71. The molecule has 0 radical (unpaired) electrons. The number of rotatable bonds is 2. The van der Waals surface area contributed by atoms with Gasteiger partial charge in [0.1, 0.15) is 5.76 Å². The van der Waals surface area contributed by atoms with Crippen LogP contribution in [0.4, 0.5) is 0 Å². The molecule has 0 aliphatic heterocycles. The van der Waals surface area contributed by atoms with E-state index in [1.54, 1.807) is 0 Å². The van der Waals surface area contributed by atoms with E-state index < -0.39 is 0 Å². The van der Waals surface area contributed by atoms with Crippen LogP contribution in [0.25, 0.3) is 0 Å². The molecule has 0 atom stereocenters. The smallest absolute Gasteiger partial charge is 0.103 e. The minimum atomic E-state index is 0.833. The lowest BCUT2D eigenvalue weighted by atomic mass is 10.2. The second kappa shape index (κ2) is 25.6. The quantitative estimate of drug-likeness (QED) is 0.568. The maximum absolute atomic E-state index is 5.20. The third-order valence-electron chi connectivity index (χ3n) is 1.46. The predicted octanol–water partition coefficient (Wildman–Crippen LogP) is 6.37. The minimum Gasteiger partial charge on any atom is -0.469 e. The highest BCUT2D eigenvalue weighted by molar-refractivity contribution is 5.12. The second-order valence-electron chi connectivity index (χ2n) is 3.86. The average molecular weight is 268 g/mol. The van der Waals surface area contributed by atoms with Crippen molar-refractivity contribution in [1.82, 2.24) is 0 Å². The van der Waals surface area contributed by atoms with Crippen LogP contribution in [0, 0.1) is 18.8 Å². The highest BCUT2D eigenvalue weighted by atomic mass is 16.3. The van der Waals surface area contributed by atoms with Gasteiger partial charge in [0, 0.05) is 6.42 Å². The molecule has 0 aromatic carbocycles. The molecule has 0 fully saturated rings. The van der Waals surface area contributed by atoms with Crippen molar-refractivity contribution in [2.24, 2.45) is 5.92 Å². The monoisotopic (exact) mass is 268 g/mol. The summed E-state index contributed by atoms with van der Waals surface area (Å²) >= 11 is 0. The fraction of sp³-hybridized carbons (Fsp3) is 0.667. The van der Waals surface area contributed by atoms with Crippen molar-refractivity contribution in [1.29, 1.82) is 0 Å². The van der Waals surface area contributed by atoms with Crippen LogP contribution in [0.5, 0.6) is 0 Å². The molecular formula is C18H36O. The highest BCUT2D eigenvalue weighted by Gasteiger charge is 1.94. The third-order valence-corrected chi connectivity index (χ3v) is 1.46. The van der Waals surface area contributed by atoms with Crippen molar-refractivity contribution < 1.29 is 4.42 Å². The van der Waals surface area contributed by atoms with E-state index in [2.05, 4.69) is 53.5 Å². The van der Waals surface area contributed by atoms with Gasteiger partial charge in [0.25, 0.3) is 0 Å². The Morgan fingerprint density at radius 2 is 1.32 bits per heavy atom. The fourth-order valence-electron chi connectivity index (χ4n) is 0.797. The molecule has 1 heteroatoms. The standard InChI is InChI=1S/C8H12O.C4H10.2C2H6.C2H2/c1-3-7-5-8(4-2)9-6-7;1-4(2)3;3*1-2/h5-6H,3-4H2,1-2H3;4H,1-3H3;2*1-2H3;1-2H. The van der Waals surface area contributed by atoms with Gasteiger partial charge in [0.15, 0.2) is 0 Å². The number of furan rings is 1. The second-order valence-corrected chi connectivity index (χ2v) is 3.86. The van der Waals surface area contributed by atoms with Gasteiger partial charge in [-0.2, -0.15) is 0 Å². The van der Waals surface area contributed by atoms with Crippen LogP contribution < -0.4 is 0 Å². The van der Waals surface area contributed by atoms with Crippen molar-refractivity contribution in [3.05, 3.63) is 23.7 Å². The zero-order chi connectivity index (χ0) is 16.3. The van der Waals surface area contributed by atoms with Crippen molar-refractivity contribution in [2.45, 2.75) is 75.2 Å². The van der Waals surface area contributed by atoms with Gasteiger partial charge in [0.2, 0.25) is 0 Å². The summed E-state index contributed by atoms with van der Waals surface area (Å²) in [6.45, 7) is 18.7. The van der Waals surface area contributed by atoms with Gasteiger partial charge in [0.05, 0.1) is 6.26 Å². The molecule has 1 aromatic rings. The van der Waals surface area contributed by atoms with E-state index >= 15 is 0 Å². The zero-order valence-electron chi connectivity index (χ0n) is 14.7. The van der Waals surface area contributed by atoms with Crippen molar-refractivity contribution in [3.63, 3.8) is 0 Å². The molecule has 1 aromatic heterocycles. The van der Waals surface area contributed by atoms with Crippen molar-refractivity contribution >= 4 is 0 Å². The first kappa shape index (κ1) is 26.4. The molecule has 0 N–H and O–H groups in total. The lowest BCUT2D eigenvalue weighted by molar-refractivity contribution is 0.514. The fourth-order valence-corrected chi connectivity index (χ4v) is 0.797. The van der Waals surface area contributed by atoms with E-state index in [1.165, 1.54) is 5.56 Å². The predicted molar refractivity (Wildman–Crippen MR) is 90.6 cm³/mol. The van der Waals surface area contributed by atoms with Gasteiger partial charge >= 0.3 is 0 Å². The first-order valence-corrected chi connectivity index (χ1v) is 7.49. The van der Waals surface area contributed by atoms with Crippen LogP contribution in [0.1, 0.15) is 73.6 Å². The molecule has 1 rings (SSSR count). The molecule has 0 aliphatic carbocycles. The molecule has 0 unspecified atom stereocenters. The van der Waals surface area contributed by atoms with Crippen LogP contribution in [0.15, 0.2) is 16.7 Å². The van der Waals surface area contributed by atoms with E-state index in [0.717, 1.165) is 24.5 Å². The minimum absolute atomic E-state index is 0.833. The first-order valence-electron chi connectivity index (χ1n) is 7.49. The normalized spacial score (nSPS) is 7.37. The summed E-state index contributed by atoms with van der Waals surface area (Å²) in [6, 6.07) is 2.11. The van der Waals surface area contributed by atoms with Crippen LogP contribution >= 0.6 is 0 Å². The first-order chi connectivity index (χ1) is 9.10. The van der Waals surface area contributed by atoms with Crippen molar-refractivity contribution in [2.75, 3.05) is 0 Å². The van der Waals surface area contributed by atoms with Crippen LogP contribution in [-0.2, 0) is 12.8 Å². The summed E-state index contributed by atoms with van der Waals surface area (Å²) in [5.41, 5.74) is 1.30. The molecule has 19 heavy (non-hydrogen) atoms. The Morgan fingerprint density at radius 3 is 1.47 bits per heavy atom. The topological polar surface area (TPSA) is 13.1 Å². The average Bonchev–Trinajstić information content (AvgIpc) is 2.93. The summed E-state index contributed by atoms with van der Waals surface area (Å²) in [7, 11) is 0. The molecule has 0 saturated carbocycles. The Bertz CT molecular complexity index is 222. The molecule has 0 spiro atoms. The van der Waals surface area contributed by atoms with Gasteiger partial charge < -0.3 is 4.42 Å². The summed E-state index contributed by atoms with van der Waals surface area (Å²) in [5, 5.41) is 0. The van der Waals surface area contributed by atoms with Crippen LogP contribution in [0.2, 0.25) is 0 Å². The maximum Gasteiger partial charge on any atom is 0.103 e. The molecular weight excluding hydrogens is 232 g/mol. The summed E-state index contributed by atoms with van der Waals surface area (Å²) in [5.74, 6) is 1.92. The Morgan fingerprint density at radius 1 is 0.947 bits per heavy atom. The van der Waals surface area contributed by atoms with Gasteiger partial charge in [-0.05, 0) is 24.0 Å². The summed E-state index contributed by atoms with van der Waals surface area (Å²) in [6.07, 6.45) is 11.9. The largest absolute Gasteiger partial charge is 0.469 e.